The van der Waals surface area contributed by atoms with Crippen LogP contribution in [0.15, 0.2) is 4.52 Å². The lowest BCUT2D eigenvalue weighted by Crippen LogP contribution is -2.44. The molecule has 1 aromatic rings. The fraction of sp³-hybridized carbons (Fsp3) is 0.786. The highest BCUT2D eigenvalue weighted by atomic mass is 16.5. The minimum atomic E-state index is 0.522. The minimum Gasteiger partial charge on any atom is -0.367 e. The summed E-state index contributed by atoms with van der Waals surface area (Å²) in [7, 11) is 0. The minimum absolute atomic E-state index is 0.522. The molecule has 1 aromatic heterocycles. The van der Waals surface area contributed by atoms with Crippen LogP contribution >= 0.6 is 0 Å². The van der Waals surface area contributed by atoms with E-state index in [1.165, 1.54) is 37.8 Å². The first kappa shape index (κ1) is 9.98. The first-order valence-electron chi connectivity index (χ1n) is 6.94. The summed E-state index contributed by atoms with van der Waals surface area (Å²) >= 11 is 0. The zero-order valence-electron chi connectivity index (χ0n) is 10.4. The van der Waals surface area contributed by atoms with Gasteiger partial charge in [0, 0.05) is 11.5 Å². The zero-order valence-corrected chi connectivity index (χ0v) is 10.4. The Morgan fingerprint density at radius 1 is 1.06 bits per heavy atom. The van der Waals surface area contributed by atoms with Crippen molar-refractivity contribution in [3.63, 3.8) is 0 Å². The van der Waals surface area contributed by atoms with E-state index in [4.69, 9.17) is 10.3 Å². The Balaban J connectivity index is 1.73. The van der Waals surface area contributed by atoms with Crippen molar-refractivity contribution in [1.29, 1.82) is 0 Å². The summed E-state index contributed by atoms with van der Waals surface area (Å²) in [6.45, 7) is 2.06. The van der Waals surface area contributed by atoms with Crippen molar-refractivity contribution in [3.8, 4) is 0 Å². The maximum Gasteiger partial charge on any atom is 0.225 e. The molecule has 4 aliphatic carbocycles. The summed E-state index contributed by atoms with van der Waals surface area (Å²) in [5, 5.41) is 4.26. The Morgan fingerprint density at radius 2 is 1.65 bits per heavy atom. The molecule has 2 N–H and O–H groups in total. The Hall–Kier alpha value is -0.990. The van der Waals surface area contributed by atoms with Crippen LogP contribution in [0.1, 0.15) is 49.3 Å². The van der Waals surface area contributed by atoms with Gasteiger partial charge in [0.15, 0.2) is 0 Å². The van der Waals surface area contributed by atoms with Crippen LogP contribution in [0.3, 0.4) is 0 Å². The second kappa shape index (κ2) is 3.27. The first-order chi connectivity index (χ1) is 8.22. The molecule has 0 atom stereocenters. The number of hydrogen-bond acceptors (Lipinski definition) is 3. The highest BCUT2D eigenvalue weighted by molar-refractivity contribution is 5.40. The second-order valence-corrected chi connectivity index (χ2v) is 6.51. The molecular weight excluding hydrogens is 212 g/mol. The normalized spacial score (nSPS) is 43.2. The third-order valence-corrected chi connectivity index (χ3v) is 5.54. The molecule has 0 saturated heterocycles. The smallest absolute Gasteiger partial charge is 0.225 e. The van der Waals surface area contributed by atoms with Crippen LogP contribution in [-0.4, -0.2) is 5.16 Å². The molecule has 0 aliphatic heterocycles. The van der Waals surface area contributed by atoms with Gasteiger partial charge in [-0.3, -0.25) is 0 Å². The van der Waals surface area contributed by atoms with Gasteiger partial charge in [-0.2, -0.15) is 0 Å². The number of rotatable bonds is 1. The van der Waals surface area contributed by atoms with E-state index in [0.29, 0.717) is 11.8 Å². The van der Waals surface area contributed by atoms with Crippen LogP contribution in [0.2, 0.25) is 0 Å². The number of nitrogens with two attached hydrogens (primary N) is 1. The fourth-order valence-electron chi connectivity index (χ4n) is 5.04. The summed E-state index contributed by atoms with van der Waals surface area (Å²) in [6.07, 6.45) is 7.18. The van der Waals surface area contributed by atoms with Crippen molar-refractivity contribution >= 4 is 5.88 Å². The lowest BCUT2D eigenvalue weighted by Gasteiger charge is -2.54. The number of nitrogens with zero attached hydrogens (tertiary/aromatic N) is 1. The van der Waals surface area contributed by atoms with Gasteiger partial charge < -0.3 is 10.3 Å². The molecule has 4 fully saturated rings. The summed E-state index contributed by atoms with van der Waals surface area (Å²) in [5.41, 5.74) is 8.08. The average Bonchev–Trinajstić information content (AvgIpc) is 2.60. The van der Waals surface area contributed by atoms with Crippen molar-refractivity contribution in [2.75, 3.05) is 5.73 Å². The van der Waals surface area contributed by atoms with E-state index in [2.05, 4.69) is 12.1 Å². The maximum atomic E-state index is 5.80. The third-order valence-electron chi connectivity index (χ3n) is 5.54. The fourth-order valence-corrected chi connectivity index (χ4v) is 5.04. The van der Waals surface area contributed by atoms with E-state index in [-0.39, 0.29) is 0 Å². The standard InChI is InChI=1S/C14H20N2O/c1-7-13(16-17-14(7)15)12-10-3-8-2-9(5-10)6-11(12)4-8/h8-12H,2-6,15H2,1H3. The highest BCUT2D eigenvalue weighted by Gasteiger charge is 2.50. The van der Waals surface area contributed by atoms with E-state index in [0.717, 1.165) is 29.2 Å². The molecule has 5 rings (SSSR count). The SMILES string of the molecule is Cc1c(C2C3CC4CC(C3)CC2C4)noc1N. The third kappa shape index (κ3) is 1.31. The number of hydrogen-bond donors (Lipinski definition) is 1. The molecule has 0 amide bonds. The summed E-state index contributed by atoms with van der Waals surface area (Å²) in [6, 6.07) is 0. The van der Waals surface area contributed by atoms with Crippen molar-refractivity contribution in [2.45, 2.75) is 44.9 Å². The average molecular weight is 232 g/mol. The van der Waals surface area contributed by atoms with E-state index < -0.39 is 0 Å². The summed E-state index contributed by atoms with van der Waals surface area (Å²) < 4.78 is 5.18. The number of nitrogen functional groups attached to an aromatic ring is 1. The molecule has 4 aliphatic rings. The van der Waals surface area contributed by atoms with E-state index in [1.807, 2.05) is 0 Å². The predicted octanol–water partition coefficient (Wildman–Crippen LogP) is 3.10. The predicted molar refractivity (Wildman–Crippen MR) is 65.4 cm³/mol. The highest BCUT2D eigenvalue weighted by Crippen LogP contribution is 2.60. The number of anilines is 1. The van der Waals surface area contributed by atoms with E-state index >= 15 is 0 Å². The van der Waals surface area contributed by atoms with Crippen molar-refractivity contribution in [1.82, 2.24) is 5.16 Å². The molecule has 4 saturated carbocycles. The topological polar surface area (TPSA) is 52.0 Å². The largest absolute Gasteiger partial charge is 0.367 e. The number of aromatic nitrogens is 1. The molecular formula is C14H20N2O. The van der Waals surface area contributed by atoms with Crippen molar-refractivity contribution < 1.29 is 4.52 Å². The quantitative estimate of drug-likeness (QED) is 0.809. The Labute approximate surface area is 102 Å². The molecule has 0 spiro atoms. The molecule has 17 heavy (non-hydrogen) atoms. The monoisotopic (exact) mass is 232 g/mol. The van der Waals surface area contributed by atoms with E-state index in [9.17, 15) is 0 Å². The molecule has 1 heterocycles. The van der Waals surface area contributed by atoms with Crippen LogP contribution in [0, 0.1) is 30.6 Å². The first-order valence-corrected chi connectivity index (χ1v) is 6.94. The molecule has 3 nitrogen and oxygen atoms in total. The summed E-state index contributed by atoms with van der Waals surface area (Å²) in [4.78, 5) is 0. The Kier molecular flexibility index (Phi) is 1.92. The van der Waals surface area contributed by atoms with Gasteiger partial charge in [-0.05, 0) is 62.7 Å². The lowest BCUT2D eigenvalue weighted by molar-refractivity contribution is -0.00522. The van der Waals surface area contributed by atoms with Crippen molar-refractivity contribution in [2.24, 2.45) is 23.7 Å². The Bertz CT molecular complexity index is 423. The van der Waals surface area contributed by atoms with Crippen LogP contribution in [-0.2, 0) is 0 Å². The summed E-state index contributed by atoms with van der Waals surface area (Å²) in [5.74, 6) is 4.90. The van der Waals surface area contributed by atoms with Crippen molar-refractivity contribution in [3.05, 3.63) is 11.3 Å². The van der Waals surface area contributed by atoms with Crippen LogP contribution in [0.4, 0.5) is 5.88 Å². The Morgan fingerprint density at radius 3 is 2.12 bits per heavy atom. The van der Waals surface area contributed by atoms with Crippen LogP contribution in [0.25, 0.3) is 0 Å². The zero-order chi connectivity index (χ0) is 11.6. The van der Waals surface area contributed by atoms with Crippen LogP contribution in [0.5, 0.6) is 0 Å². The molecule has 0 unspecified atom stereocenters. The maximum absolute atomic E-state index is 5.80. The van der Waals surface area contributed by atoms with Gasteiger partial charge in [-0.15, -0.1) is 0 Å². The lowest BCUT2D eigenvalue weighted by atomic mass is 9.51. The van der Waals surface area contributed by atoms with E-state index in [1.54, 1.807) is 0 Å². The second-order valence-electron chi connectivity index (χ2n) is 6.51. The van der Waals surface area contributed by atoms with Crippen LogP contribution < -0.4 is 5.73 Å². The molecule has 4 bridgehead atoms. The van der Waals surface area contributed by atoms with Gasteiger partial charge in [-0.1, -0.05) is 5.16 Å². The van der Waals surface area contributed by atoms with Gasteiger partial charge in [0.05, 0.1) is 5.69 Å². The van der Waals surface area contributed by atoms with Gasteiger partial charge in [0.1, 0.15) is 0 Å². The van der Waals surface area contributed by atoms with Gasteiger partial charge >= 0.3 is 0 Å². The molecule has 3 heteroatoms. The molecule has 0 aromatic carbocycles. The molecule has 0 radical (unpaired) electrons. The van der Waals surface area contributed by atoms with Gasteiger partial charge in [0.2, 0.25) is 5.88 Å². The van der Waals surface area contributed by atoms with Gasteiger partial charge in [-0.25, -0.2) is 0 Å². The van der Waals surface area contributed by atoms with Gasteiger partial charge in [0.25, 0.3) is 0 Å². The molecule has 92 valence electrons.